The lowest BCUT2D eigenvalue weighted by Gasteiger charge is -2.35. The van der Waals surface area contributed by atoms with Gasteiger partial charge in [0.2, 0.25) is 0 Å². The van der Waals surface area contributed by atoms with Gasteiger partial charge in [-0.25, -0.2) is 14.3 Å². The molecule has 2 heterocycles. The lowest BCUT2D eigenvalue weighted by atomic mass is 9.82. The number of hydrogen-bond acceptors (Lipinski definition) is 7. The van der Waals surface area contributed by atoms with Gasteiger partial charge in [-0.1, -0.05) is 24.3 Å². The topological polar surface area (TPSA) is 132 Å². The van der Waals surface area contributed by atoms with Crippen LogP contribution in [-0.4, -0.2) is 43.3 Å². The Balaban J connectivity index is 1.39. The number of aliphatic hydroxyl groups excluding tert-OH is 1. The number of anilines is 1. The van der Waals surface area contributed by atoms with Gasteiger partial charge >= 0.3 is 5.97 Å². The van der Waals surface area contributed by atoms with E-state index in [0.29, 0.717) is 24.3 Å². The van der Waals surface area contributed by atoms with Gasteiger partial charge in [0.05, 0.1) is 18.3 Å². The van der Waals surface area contributed by atoms with E-state index in [9.17, 15) is 14.7 Å². The van der Waals surface area contributed by atoms with Crippen LogP contribution in [0.5, 0.6) is 0 Å². The standard InChI is InChI=1S/C23H25N5O4/c24-22(31)23(10-7-15(29)8-11-23)32-21(30)17-13-25-28-12-9-19(27-20(17)28)26-18-6-5-14-3-1-2-4-16(14)18/h1-4,9,12-13,15,18,29H,5-8,10-11H2,(H2,24,31)(H,26,27). The molecule has 2 aromatic heterocycles. The number of nitrogens with one attached hydrogen (secondary N) is 1. The van der Waals surface area contributed by atoms with Crippen molar-refractivity contribution in [2.24, 2.45) is 5.73 Å². The van der Waals surface area contributed by atoms with E-state index in [-0.39, 0.29) is 24.4 Å². The summed E-state index contributed by atoms with van der Waals surface area (Å²) in [5, 5.41) is 17.4. The highest BCUT2D eigenvalue weighted by molar-refractivity contribution is 5.98. The summed E-state index contributed by atoms with van der Waals surface area (Å²) in [5.41, 5.74) is 7.23. The van der Waals surface area contributed by atoms with E-state index < -0.39 is 23.6 Å². The molecule has 1 fully saturated rings. The Labute approximate surface area is 184 Å². The molecular formula is C23H25N5O4. The molecule has 2 aliphatic rings. The van der Waals surface area contributed by atoms with Crippen LogP contribution < -0.4 is 11.1 Å². The SMILES string of the molecule is NC(=O)C1(OC(=O)c2cnn3ccc(NC4CCc5ccccc54)nc23)CCC(O)CC1. The molecule has 0 spiro atoms. The predicted molar refractivity (Wildman–Crippen MR) is 116 cm³/mol. The number of benzene rings is 1. The number of nitrogens with two attached hydrogens (primary N) is 1. The molecule has 2 aliphatic carbocycles. The van der Waals surface area contributed by atoms with Gasteiger partial charge in [-0.2, -0.15) is 5.10 Å². The van der Waals surface area contributed by atoms with Crippen LogP contribution >= 0.6 is 0 Å². The average Bonchev–Trinajstić information content (AvgIpc) is 3.39. The highest BCUT2D eigenvalue weighted by atomic mass is 16.6. The largest absolute Gasteiger partial charge is 0.445 e. The molecule has 0 radical (unpaired) electrons. The summed E-state index contributed by atoms with van der Waals surface area (Å²) < 4.78 is 7.11. The maximum atomic E-state index is 13.0. The summed E-state index contributed by atoms with van der Waals surface area (Å²) >= 11 is 0. The number of aliphatic hydroxyl groups is 1. The Hall–Kier alpha value is -3.46. The van der Waals surface area contributed by atoms with Gasteiger partial charge in [-0.3, -0.25) is 4.79 Å². The normalized spacial score (nSPS) is 24.8. The van der Waals surface area contributed by atoms with Crippen molar-refractivity contribution in [3.63, 3.8) is 0 Å². The summed E-state index contributed by atoms with van der Waals surface area (Å²) in [7, 11) is 0. The first kappa shape index (κ1) is 20.4. The molecule has 9 nitrogen and oxygen atoms in total. The second-order valence-corrected chi connectivity index (χ2v) is 8.55. The van der Waals surface area contributed by atoms with Gasteiger partial charge in [-0.15, -0.1) is 0 Å². The second kappa shape index (κ2) is 7.90. The van der Waals surface area contributed by atoms with Gasteiger partial charge < -0.3 is 20.9 Å². The number of primary amides is 1. The average molecular weight is 435 g/mol. The zero-order valence-electron chi connectivity index (χ0n) is 17.5. The Kier molecular flexibility index (Phi) is 5.05. The quantitative estimate of drug-likeness (QED) is 0.523. The van der Waals surface area contributed by atoms with Crippen LogP contribution in [0.3, 0.4) is 0 Å². The van der Waals surface area contributed by atoms with Crippen LogP contribution in [-0.2, 0) is 16.0 Å². The molecule has 0 aliphatic heterocycles. The molecule has 1 saturated carbocycles. The van der Waals surface area contributed by atoms with Crippen molar-refractivity contribution < 1.29 is 19.4 Å². The fourth-order valence-electron chi connectivity index (χ4n) is 4.68. The van der Waals surface area contributed by atoms with Gasteiger partial charge in [-0.05, 0) is 55.7 Å². The number of hydrogen-bond donors (Lipinski definition) is 3. The van der Waals surface area contributed by atoms with Crippen molar-refractivity contribution in [2.75, 3.05) is 5.32 Å². The van der Waals surface area contributed by atoms with Crippen molar-refractivity contribution in [1.29, 1.82) is 0 Å². The fraction of sp³-hybridized carbons (Fsp3) is 0.391. The highest BCUT2D eigenvalue weighted by Crippen LogP contribution is 2.34. The summed E-state index contributed by atoms with van der Waals surface area (Å²) in [6.45, 7) is 0. The minimum atomic E-state index is -1.42. The van der Waals surface area contributed by atoms with Crippen molar-refractivity contribution in [1.82, 2.24) is 14.6 Å². The fourth-order valence-corrected chi connectivity index (χ4v) is 4.68. The number of carbonyl (C=O) groups is 2. The monoisotopic (exact) mass is 435 g/mol. The maximum absolute atomic E-state index is 13.0. The van der Waals surface area contributed by atoms with Crippen molar-refractivity contribution in [2.45, 2.75) is 56.3 Å². The molecule has 0 bridgehead atoms. The number of carbonyl (C=O) groups excluding carboxylic acids is 2. The molecule has 32 heavy (non-hydrogen) atoms. The molecule has 1 atom stereocenters. The minimum Gasteiger partial charge on any atom is -0.445 e. The van der Waals surface area contributed by atoms with E-state index in [4.69, 9.17) is 10.5 Å². The van der Waals surface area contributed by atoms with Gasteiger partial charge in [0.1, 0.15) is 11.4 Å². The van der Waals surface area contributed by atoms with E-state index in [1.807, 2.05) is 18.2 Å². The zero-order chi connectivity index (χ0) is 22.3. The molecule has 1 amide bonds. The van der Waals surface area contributed by atoms with E-state index in [1.165, 1.54) is 21.8 Å². The summed E-state index contributed by atoms with van der Waals surface area (Å²) in [6, 6.07) is 10.3. The third-order valence-electron chi connectivity index (χ3n) is 6.54. The molecule has 5 rings (SSSR count). The Morgan fingerprint density at radius 2 is 1.97 bits per heavy atom. The van der Waals surface area contributed by atoms with Gasteiger partial charge in [0.15, 0.2) is 11.2 Å². The van der Waals surface area contributed by atoms with Gasteiger partial charge in [0.25, 0.3) is 5.91 Å². The van der Waals surface area contributed by atoms with Crippen LogP contribution in [0.15, 0.2) is 42.7 Å². The Morgan fingerprint density at radius 1 is 1.19 bits per heavy atom. The molecule has 3 aromatic rings. The van der Waals surface area contributed by atoms with Gasteiger partial charge in [0, 0.05) is 6.20 Å². The number of aryl methyl sites for hydroxylation is 1. The van der Waals surface area contributed by atoms with Crippen LogP contribution in [0.2, 0.25) is 0 Å². The van der Waals surface area contributed by atoms with Crippen molar-refractivity contribution in [3.8, 4) is 0 Å². The molecular weight excluding hydrogens is 410 g/mol. The lowest BCUT2D eigenvalue weighted by molar-refractivity contribution is -0.143. The van der Waals surface area contributed by atoms with E-state index in [2.05, 4.69) is 27.5 Å². The summed E-state index contributed by atoms with van der Waals surface area (Å²) in [4.78, 5) is 29.7. The first-order valence-electron chi connectivity index (χ1n) is 10.9. The third-order valence-corrected chi connectivity index (χ3v) is 6.54. The van der Waals surface area contributed by atoms with Crippen molar-refractivity contribution >= 4 is 23.3 Å². The highest BCUT2D eigenvalue weighted by Gasteiger charge is 2.44. The van der Waals surface area contributed by atoms with Crippen LogP contribution in [0.25, 0.3) is 5.65 Å². The first-order valence-corrected chi connectivity index (χ1v) is 10.9. The lowest BCUT2D eigenvalue weighted by Crippen LogP contribution is -2.50. The Bertz CT molecular complexity index is 1180. The smallest absolute Gasteiger partial charge is 0.344 e. The summed E-state index contributed by atoms with van der Waals surface area (Å²) in [6.07, 6.45) is 5.63. The number of esters is 1. The number of nitrogens with zero attached hydrogens (tertiary/aromatic N) is 3. The Morgan fingerprint density at radius 3 is 2.75 bits per heavy atom. The number of fused-ring (bicyclic) bond motifs is 2. The number of rotatable bonds is 5. The molecule has 1 aromatic carbocycles. The number of aromatic nitrogens is 3. The van der Waals surface area contributed by atoms with E-state index in [1.54, 1.807) is 6.20 Å². The maximum Gasteiger partial charge on any atom is 0.344 e. The molecule has 166 valence electrons. The molecule has 0 saturated heterocycles. The summed E-state index contributed by atoms with van der Waals surface area (Å²) in [5.74, 6) is -0.783. The molecule has 9 heteroatoms. The number of ether oxygens (including phenoxy) is 1. The van der Waals surface area contributed by atoms with E-state index in [0.717, 1.165) is 12.8 Å². The first-order chi connectivity index (χ1) is 15.4. The zero-order valence-corrected chi connectivity index (χ0v) is 17.5. The molecule has 1 unspecified atom stereocenters. The molecule has 4 N–H and O–H groups in total. The third kappa shape index (κ3) is 3.58. The van der Waals surface area contributed by atoms with Crippen molar-refractivity contribution in [3.05, 3.63) is 59.4 Å². The van der Waals surface area contributed by atoms with Crippen LogP contribution in [0.4, 0.5) is 5.82 Å². The second-order valence-electron chi connectivity index (χ2n) is 8.55. The van der Waals surface area contributed by atoms with Crippen LogP contribution in [0.1, 0.15) is 59.6 Å². The number of amides is 1. The minimum absolute atomic E-state index is 0.145. The van der Waals surface area contributed by atoms with E-state index >= 15 is 0 Å². The van der Waals surface area contributed by atoms with Crippen LogP contribution in [0, 0.1) is 0 Å². The predicted octanol–water partition coefficient (Wildman–Crippen LogP) is 2.14.